The van der Waals surface area contributed by atoms with Crippen LogP contribution in [0.5, 0.6) is 5.75 Å². The number of anilines is 1. The Hall–Kier alpha value is -3.91. The van der Waals surface area contributed by atoms with Gasteiger partial charge in [0.25, 0.3) is 17.7 Å². The third-order valence-electron chi connectivity index (χ3n) is 5.42. The van der Waals surface area contributed by atoms with E-state index in [1.165, 1.54) is 13.2 Å². The number of rotatable bonds is 8. The number of nitrogens with zero attached hydrogens (tertiary/aromatic N) is 1. The van der Waals surface area contributed by atoms with Crippen molar-refractivity contribution in [2.24, 2.45) is 0 Å². The number of imide groups is 1. The highest BCUT2D eigenvalue weighted by atomic mass is 35.5. The SMILES string of the molecule is COc1ccc(NC(=O)COC(=O)CCCN2C(=O)c3cccc4cccc(c34)C2=O)cc1Cl. The molecule has 1 heterocycles. The van der Waals surface area contributed by atoms with Gasteiger partial charge in [-0.2, -0.15) is 0 Å². The molecule has 0 bridgehead atoms. The van der Waals surface area contributed by atoms with E-state index in [4.69, 9.17) is 21.1 Å². The van der Waals surface area contributed by atoms with Gasteiger partial charge >= 0.3 is 5.97 Å². The van der Waals surface area contributed by atoms with E-state index in [2.05, 4.69) is 5.32 Å². The van der Waals surface area contributed by atoms with Gasteiger partial charge in [-0.15, -0.1) is 0 Å². The molecule has 3 aromatic rings. The number of benzene rings is 3. The molecule has 174 valence electrons. The molecule has 4 rings (SSSR count). The number of esters is 1. The number of ether oxygens (including phenoxy) is 2. The van der Waals surface area contributed by atoms with Gasteiger partial charge in [-0.1, -0.05) is 35.9 Å². The lowest BCUT2D eigenvalue weighted by molar-refractivity contribution is -0.147. The first-order valence-corrected chi connectivity index (χ1v) is 10.9. The molecule has 0 aromatic heterocycles. The van der Waals surface area contributed by atoms with E-state index in [1.807, 2.05) is 12.1 Å². The van der Waals surface area contributed by atoms with Crippen LogP contribution in [0, 0.1) is 0 Å². The van der Waals surface area contributed by atoms with Gasteiger partial charge in [0, 0.05) is 35.2 Å². The lowest BCUT2D eigenvalue weighted by atomic mass is 9.94. The van der Waals surface area contributed by atoms with Crippen molar-refractivity contribution < 1.29 is 28.7 Å². The fourth-order valence-corrected chi connectivity index (χ4v) is 4.08. The van der Waals surface area contributed by atoms with Crippen LogP contribution in [0.1, 0.15) is 33.6 Å². The second-order valence-electron chi connectivity index (χ2n) is 7.63. The highest BCUT2D eigenvalue weighted by Gasteiger charge is 2.32. The summed E-state index contributed by atoms with van der Waals surface area (Å²) in [6.07, 6.45) is 0.161. The van der Waals surface area contributed by atoms with Crippen LogP contribution >= 0.6 is 11.6 Å². The molecule has 0 unspecified atom stereocenters. The number of methoxy groups -OCH3 is 1. The fourth-order valence-electron chi connectivity index (χ4n) is 3.82. The number of hydrogen-bond acceptors (Lipinski definition) is 6. The summed E-state index contributed by atoms with van der Waals surface area (Å²) in [7, 11) is 1.48. The smallest absolute Gasteiger partial charge is 0.306 e. The molecule has 1 N–H and O–H groups in total. The zero-order valence-corrected chi connectivity index (χ0v) is 19.1. The molecule has 8 nitrogen and oxygen atoms in total. The summed E-state index contributed by atoms with van der Waals surface area (Å²) in [6.45, 7) is -0.409. The van der Waals surface area contributed by atoms with Crippen molar-refractivity contribution in [3.05, 3.63) is 70.7 Å². The summed E-state index contributed by atoms with van der Waals surface area (Å²) >= 11 is 6.02. The van der Waals surface area contributed by atoms with Crippen molar-refractivity contribution >= 4 is 51.8 Å². The number of amides is 3. The summed E-state index contributed by atoms with van der Waals surface area (Å²) < 4.78 is 10.1. The van der Waals surface area contributed by atoms with Crippen LogP contribution in [0.25, 0.3) is 10.8 Å². The minimum absolute atomic E-state index is 0.0510. The maximum absolute atomic E-state index is 12.9. The quantitative estimate of drug-likeness (QED) is 0.385. The Kier molecular flexibility index (Phi) is 6.79. The van der Waals surface area contributed by atoms with E-state index >= 15 is 0 Å². The van der Waals surface area contributed by atoms with Gasteiger partial charge in [0.05, 0.1) is 12.1 Å². The minimum Gasteiger partial charge on any atom is -0.495 e. The molecule has 0 atom stereocenters. The average molecular weight is 481 g/mol. The van der Waals surface area contributed by atoms with Crippen molar-refractivity contribution in [2.75, 3.05) is 25.6 Å². The Bertz CT molecular complexity index is 1260. The Balaban J connectivity index is 1.27. The first kappa shape index (κ1) is 23.3. The van der Waals surface area contributed by atoms with Gasteiger partial charge in [-0.05, 0) is 42.1 Å². The summed E-state index contributed by atoms with van der Waals surface area (Å²) in [5.41, 5.74) is 1.36. The molecular weight excluding hydrogens is 460 g/mol. The van der Waals surface area contributed by atoms with E-state index < -0.39 is 18.5 Å². The molecule has 9 heteroatoms. The molecule has 0 saturated carbocycles. The Morgan fingerprint density at radius 1 is 1.00 bits per heavy atom. The standard InChI is InChI=1S/C25H21ClN2O6/c1-33-20-11-10-16(13-19(20)26)27-21(29)14-34-22(30)9-4-12-28-24(31)17-7-2-5-15-6-3-8-18(23(15)17)25(28)32/h2-3,5-8,10-11,13H,4,9,12,14H2,1H3,(H,27,29). The van der Waals surface area contributed by atoms with E-state index in [-0.39, 0.29) is 31.2 Å². The summed E-state index contributed by atoms with van der Waals surface area (Å²) in [6, 6.07) is 15.4. The lowest BCUT2D eigenvalue weighted by Crippen LogP contribution is -2.41. The van der Waals surface area contributed by atoms with Crippen molar-refractivity contribution in [1.29, 1.82) is 0 Å². The Labute approximate surface area is 200 Å². The Morgan fingerprint density at radius 2 is 1.68 bits per heavy atom. The van der Waals surface area contributed by atoms with Crippen molar-refractivity contribution in [3.63, 3.8) is 0 Å². The van der Waals surface area contributed by atoms with Crippen LogP contribution in [0.2, 0.25) is 5.02 Å². The predicted molar refractivity (Wildman–Crippen MR) is 126 cm³/mol. The van der Waals surface area contributed by atoms with Crippen molar-refractivity contribution in [2.45, 2.75) is 12.8 Å². The molecule has 0 fully saturated rings. The molecular formula is C25H21ClN2O6. The summed E-state index contributed by atoms with van der Waals surface area (Å²) in [4.78, 5) is 51.0. The van der Waals surface area contributed by atoms with Crippen LogP contribution in [0.15, 0.2) is 54.6 Å². The third kappa shape index (κ3) is 4.72. The van der Waals surface area contributed by atoms with Crippen LogP contribution in [-0.2, 0) is 14.3 Å². The largest absolute Gasteiger partial charge is 0.495 e. The van der Waals surface area contributed by atoms with Crippen molar-refractivity contribution in [3.8, 4) is 5.75 Å². The zero-order chi connectivity index (χ0) is 24.2. The number of hydrogen-bond donors (Lipinski definition) is 1. The van der Waals surface area contributed by atoms with Gasteiger partial charge in [0.1, 0.15) is 5.75 Å². The normalized spacial score (nSPS) is 12.6. The highest BCUT2D eigenvalue weighted by molar-refractivity contribution is 6.32. The topological polar surface area (TPSA) is 102 Å². The van der Waals surface area contributed by atoms with Crippen LogP contribution in [0.4, 0.5) is 5.69 Å². The van der Waals surface area contributed by atoms with Crippen LogP contribution in [-0.4, -0.2) is 48.9 Å². The second kappa shape index (κ2) is 9.93. The number of halogens is 1. The van der Waals surface area contributed by atoms with Gasteiger partial charge in [-0.25, -0.2) is 0 Å². The molecule has 3 aromatic carbocycles. The minimum atomic E-state index is -0.609. The number of carbonyl (C=O) groups excluding carboxylic acids is 4. The molecule has 0 spiro atoms. The van der Waals surface area contributed by atoms with Crippen LogP contribution < -0.4 is 10.1 Å². The molecule has 34 heavy (non-hydrogen) atoms. The maximum atomic E-state index is 12.9. The summed E-state index contributed by atoms with van der Waals surface area (Å²) in [5.74, 6) is -1.44. The first-order valence-electron chi connectivity index (χ1n) is 10.6. The lowest BCUT2D eigenvalue weighted by Gasteiger charge is -2.27. The average Bonchev–Trinajstić information content (AvgIpc) is 2.83. The molecule has 0 saturated heterocycles. The van der Waals surface area contributed by atoms with Crippen molar-refractivity contribution in [1.82, 2.24) is 4.90 Å². The summed E-state index contributed by atoms with van der Waals surface area (Å²) in [5, 5.41) is 4.39. The molecule has 0 radical (unpaired) electrons. The predicted octanol–water partition coefficient (Wildman–Crippen LogP) is 4.06. The van der Waals surface area contributed by atoms with E-state index in [1.54, 1.807) is 36.4 Å². The van der Waals surface area contributed by atoms with E-state index in [0.717, 1.165) is 10.3 Å². The van der Waals surface area contributed by atoms with Gasteiger partial charge in [-0.3, -0.25) is 24.1 Å². The monoisotopic (exact) mass is 480 g/mol. The molecule has 3 amide bonds. The maximum Gasteiger partial charge on any atom is 0.306 e. The van der Waals surface area contributed by atoms with Crippen LogP contribution in [0.3, 0.4) is 0 Å². The highest BCUT2D eigenvalue weighted by Crippen LogP contribution is 2.30. The molecule has 1 aliphatic heterocycles. The van der Waals surface area contributed by atoms with Gasteiger partial charge in [0.2, 0.25) is 0 Å². The fraction of sp³-hybridized carbons (Fsp3) is 0.200. The third-order valence-corrected chi connectivity index (χ3v) is 5.71. The first-order chi connectivity index (χ1) is 16.4. The second-order valence-corrected chi connectivity index (χ2v) is 8.04. The van der Waals surface area contributed by atoms with E-state index in [0.29, 0.717) is 33.0 Å². The van der Waals surface area contributed by atoms with Gasteiger partial charge in [0.15, 0.2) is 6.61 Å². The molecule has 1 aliphatic rings. The number of nitrogens with one attached hydrogen (secondary N) is 1. The number of carbonyl (C=O) groups is 4. The van der Waals surface area contributed by atoms with Gasteiger partial charge < -0.3 is 14.8 Å². The van der Waals surface area contributed by atoms with E-state index in [9.17, 15) is 19.2 Å². The zero-order valence-electron chi connectivity index (χ0n) is 18.3. The Morgan fingerprint density at radius 3 is 2.29 bits per heavy atom. The molecule has 0 aliphatic carbocycles.